The Morgan fingerprint density at radius 2 is 1.86 bits per heavy atom. The highest BCUT2D eigenvalue weighted by molar-refractivity contribution is 5.54. The van der Waals surface area contributed by atoms with E-state index in [1.54, 1.807) is 7.11 Å². The Morgan fingerprint density at radius 3 is 2.68 bits per heavy atom. The van der Waals surface area contributed by atoms with Crippen LogP contribution in [-0.2, 0) is 13.0 Å². The van der Waals surface area contributed by atoms with E-state index in [4.69, 9.17) is 14.2 Å². The first kappa shape index (κ1) is 14.7. The lowest BCUT2D eigenvalue weighted by Crippen LogP contribution is -2.19. The number of benzene rings is 2. The summed E-state index contributed by atoms with van der Waals surface area (Å²) in [6.45, 7) is 2.86. The van der Waals surface area contributed by atoms with Crippen LogP contribution in [0.4, 0.5) is 0 Å². The van der Waals surface area contributed by atoms with Crippen LogP contribution in [0.3, 0.4) is 0 Å². The number of ether oxygens (including phenoxy) is 3. The molecule has 0 bridgehead atoms. The lowest BCUT2D eigenvalue weighted by atomic mass is 10.1. The monoisotopic (exact) mass is 299 g/mol. The third kappa shape index (κ3) is 3.52. The molecule has 1 aliphatic rings. The van der Waals surface area contributed by atoms with Gasteiger partial charge in [0.1, 0.15) is 13.2 Å². The Balaban J connectivity index is 1.58. The summed E-state index contributed by atoms with van der Waals surface area (Å²) in [6.07, 6.45) is 1.02. The molecule has 0 spiro atoms. The van der Waals surface area contributed by atoms with Crippen LogP contribution in [0.15, 0.2) is 42.5 Å². The smallest absolute Gasteiger partial charge is 0.203 e. The molecule has 0 fully saturated rings. The largest absolute Gasteiger partial charge is 0.493 e. The zero-order valence-electron chi connectivity index (χ0n) is 12.8. The molecule has 22 heavy (non-hydrogen) atoms. The van der Waals surface area contributed by atoms with E-state index in [0.717, 1.165) is 36.6 Å². The van der Waals surface area contributed by atoms with Gasteiger partial charge < -0.3 is 19.5 Å². The number of hydrogen-bond acceptors (Lipinski definition) is 4. The van der Waals surface area contributed by atoms with Gasteiger partial charge in [-0.05, 0) is 36.2 Å². The van der Waals surface area contributed by atoms with E-state index in [0.29, 0.717) is 19.0 Å². The van der Waals surface area contributed by atoms with Crippen molar-refractivity contribution >= 4 is 0 Å². The molecule has 2 aromatic carbocycles. The van der Waals surface area contributed by atoms with Gasteiger partial charge in [0.2, 0.25) is 5.75 Å². The van der Waals surface area contributed by atoms with Crippen molar-refractivity contribution in [3.05, 3.63) is 53.6 Å². The van der Waals surface area contributed by atoms with Crippen LogP contribution in [0.5, 0.6) is 17.2 Å². The van der Waals surface area contributed by atoms with Crippen molar-refractivity contribution in [3.63, 3.8) is 0 Å². The van der Waals surface area contributed by atoms with Crippen LogP contribution in [-0.4, -0.2) is 26.9 Å². The molecule has 0 atom stereocenters. The molecule has 2 aromatic rings. The summed E-state index contributed by atoms with van der Waals surface area (Å²) in [5.74, 6) is 2.21. The molecule has 116 valence electrons. The summed E-state index contributed by atoms with van der Waals surface area (Å²) in [7, 11) is 1.65. The fourth-order valence-corrected chi connectivity index (χ4v) is 2.54. The fraction of sp³-hybridized carbons (Fsp3) is 0.333. The van der Waals surface area contributed by atoms with E-state index in [1.807, 2.05) is 18.2 Å². The molecular weight excluding hydrogens is 278 g/mol. The molecule has 0 aliphatic carbocycles. The predicted molar refractivity (Wildman–Crippen MR) is 85.8 cm³/mol. The van der Waals surface area contributed by atoms with Crippen molar-refractivity contribution in [1.82, 2.24) is 5.32 Å². The molecular formula is C18H21NO3. The number of rotatable bonds is 6. The Hall–Kier alpha value is -2.20. The molecule has 4 heteroatoms. The number of nitrogens with one attached hydrogen (secondary N) is 1. The van der Waals surface area contributed by atoms with Crippen molar-refractivity contribution in [2.45, 2.75) is 13.0 Å². The van der Waals surface area contributed by atoms with Crippen LogP contribution in [0.1, 0.15) is 11.1 Å². The summed E-state index contributed by atoms with van der Waals surface area (Å²) in [4.78, 5) is 0. The first-order valence-electron chi connectivity index (χ1n) is 7.58. The molecule has 0 amide bonds. The second-order valence-electron chi connectivity index (χ2n) is 5.23. The maximum atomic E-state index is 5.65. The predicted octanol–water partition coefficient (Wildman–Crippen LogP) is 2.80. The minimum atomic E-state index is 0.567. The van der Waals surface area contributed by atoms with Crippen LogP contribution < -0.4 is 19.5 Å². The minimum absolute atomic E-state index is 0.567. The van der Waals surface area contributed by atoms with E-state index in [1.165, 1.54) is 5.56 Å². The average Bonchev–Trinajstić information content (AvgIpc) is 2.59. The Labute approximate surface area is 131 Å². The van der Waals surface area contributed by atoms with Crippen molar-refractivity contribution in [2.24, 2.45) is 0 Å². The normalized spacial score (nSPS) is 13.0. The van der Waals surface area contributed by atoms with Gasteiger partial charge in [0, 0.05) is 6.54 Å². The van der Waals surface area contributed by atoms with E-state index < -0.39 is 0 Å². The number of methoxy groups -OCH3 is 1. The molecule has 0 saturated heterocycles. The van der Waals surface area contributed by atoms with Gasteiger partial charge >= 0.3 is 0 Å². The zero-order valence-corrected chi connectivity index (χ0v) is 12.8. The molecule has 0 radical (unpaired) electrons. The highest BCUT2D eigenvalue weighted by Gasteiger charge is 2.18. The van der Waals surface area contributed by atoms with Crippen molar-refractivity contribution in [3.8, 4) is 17.2 Å². The molecule has 0 unspecified atom stereocenters. The summed E-state index contributed by atoms with van der Waals surface area (Å²) in [6, 6.07) is 14.5. The molecule has 3 rings (SSSR count). The Kier molecular flexibility index (Phi) is 4.81. The average molecular weight is 299 g/mol. The van der Waals surface area contributed by atoms with Crippen molar-refractivity contribution in [1.29, 1.82) is 0 Å². The molecule has 4 nitrogen and oxygen atoms in total. The maximum absolute atomic E-state index is 5.65. The Bertz CT molecular complexity index is 596. The topological polar surface area (TPSA) is 39.7 Å². The van der Waals surface area contributed by atoms with Gasteiger partial charge in [-0.2, -0.15) is 0 Å². The van der Waals surface area contributed by atoms with Gasteiger partial charge in [0.25, 0.3) is 0 Å². The van der Waals surface area contributed by atoms with E-state index >= 15 is 0 Å². The summed E-state index contributed by atoms with van der Waals surface area (Å²) < 4.78 is 16.7. The minimum Gasteiger partial charge on any atom is -0.493 e. The SMILES string of the molecule is COc1cc(CNCCc2ccccc2)cc2c1OCCO2. The summed E-state index contributed by atoms with van der Waals surface area (Å²) >= 11 is 0. The summed E-state index contributed by atoms with van der Waals surface area (Å²) in [5.41, 5.74) is 2.48. The first-order chi connectivity index (χ1) is 10.9. The molecule has 0 aromatic heterocycles. The maximum Gasteiger partial charge on any atom is 0.203 e. The van der Waals surface area contributed by atoms with Gasteiger partial charge in [-0.1, -0.05) is 30.3 Å². The van der Waals surface area contributed by atoms with Gasteiger partial charge in [0.15, 0.2) is 11.5 Å². The second kappa shape index (κ2) is 7.18. The first-order valence-corrected chi connectivity index (χ1v) is 7.58. The van der Waals surface area contributed by atoms with Gasteiger partial charge in [-0.3, -0.25) is 0 Å². The van der Waals surface area contributed by atoms with E-state index in [-0.39, 0.29) is 0 Å². The zero-order chi connectivity index (χ0) is 15.2. The Morgan fingerprint density at radius 1 is 1.05 bits per heavy atom. The van der Waals surface area contributed by atoms with Gasteiger partial charge in [0.05, 0.1) is 7.11 Å². The van der Waals surface area contributed by atoms with Crippen LogP contribution >= 0.6 is 0 Å². The van der Waals surface area contributed by atoms with Crippen LogP contribution in [0, 0.1) is 0 Å². The fourth-order valence-electron chi connectivity index (χ4n) is 2.54. The highest BCUT2D eigenvalue weighted by Crippen LogP contribution is 2.40. The van der Waals surface area contributed by atoms with Gasteiger partial charge in [-0.15, -0.1) is 0 Å². The van der Waals surface area contributed by atoms with Crippen LogP contribution in [0.25, 0.3) is 0 Å². The lowest BCUT2D eigenvalue weighted by molar-refractivity contribution is 0.165. The van der Waals surface area contributed by atoms with Crippen molar-refractivity contribution < 1.29 is 14.2 Å². The second-order valence-corrected chi connectivity index (χ2v) is 5.23. The summed E-state index contributed by atoms with van der Waals surface area (Å²) in [5, 5.41) is 3.46. The number of hydrogen-bond donors (Lipinski definition) is 1. The van der Waals surface area contributed by atoms with Crippen LogP contribution in [0.2, 0.25) is 0 Å². The molecule has 1 N–H and O–H groups in total. The van der Waals surface area contributed by atoms with Gasteiger partial charge in [-0.25, -0.2) is 0 Å². The highest BCUT2D eigenvalue weighted by atomic mass is 16.6. The molecule has 0 saturated carbocycles. The van der Waals surface area contributed by atoms with E-state index in [9.17, 15) is 0 Å². The van der Waals surface area contributed by atoms with E-state index in [2.05, 4.69) is 29.6 Å². The lowest BCUT2D eigenvalue weighted by Gasteiger charge is -2.21. The molecule has 1 heterocycles. The quantitative estimate of drug-likeness (QED) is 0.833. The third-order valence-corrected chi connectivity index (χ3v) is 3.65. The molecule has 1 aliphatic heterocycles. The van der Waals surface area contributed by atoms with Crippen molar-refractivity contribution in [2.75, 3.05) is 26.9 Å². The number of fused-ring (bicyclic) bond motifs is 1. The standard InChI is InChI=1S/C18H21NO3/c1-20-16-11-15(12-17-18(16)22-10-9-21-17)13-19-8-7-14-5-3-2-4-6-14/h2-6,11-12,19H,7-10,13H2,1H3. The third-order valence-electron chi connectivity index (χ3n) is 3.65.